The van der Waals surface area contributed by atoms with Gasteiger partial charge in [-0.05, 0) is 18.1 Å². The van der Waals surface area contributed by atoms with Gasteiger partial charge >= 0.3 is 12.0 Å². The van der Waals surface area contributed by atoms with Gasteiger partial charge in [0.2, 0.25) is 0 Å². The zero-order chi connectivity index (χ0) is 14.1. The molecule has 1 fully saturated rings. The molecule has 0 radical (unpaired) electrons. The Morgan fingerprint density at radius 1 is 1.35 bits per heavy atom. The lowest BCUT2D eigenvalue weighted by atomic mass is 10.1. The van der Waals surface area contributed by atoms with Crippen LogP contribution in [0.5, 0.6) is 0 Å². The van der Waals surface area contributed by atoms with Gasteiger partial charge in [-0.25, -0.2) is 9.59 Å². The number of urea groups is 1. The Morgan fingerprint density at radius 3 is 2.85 bits per heavy atom. The van der Waals surface area contributed by atoms with Gasteiger partial charge in [0.1, 0.15) is 6.04 Å². The molecule has 1 aromatic rings. The van der Waals surface area contributed by atoms with Gasteiger partial charge in [0.15, 0.2) is 0 Å². The summed E-state index contributed by atoms with van der Waals surface area (Å²) in [5.74, 6) is -0.987. The van der Waals surface area contributed by atoms with Gasteiger partial charge in [0, 0.05) is 18.7 Å². The maximum atomic E-state index is 12.4. The Hall–Kier alpha value is -2.08. The lowest BCUT2D eigenvalue weighted by Gasteiger charge is -2.24. The van der Waals surface area contributed by atoms with E-state index >= 15 is 0 Å². The SMILES string of the molecule is O=C(O)C1Cc2ccccc2N1C(=O)NC1CCOC1. The number of carboxylic acid groups (broad SMARTS) is 1. The van der Waals surface area contributed by atoms with Crippen LogP contribution >= 0.6 is 0 Å². The summed E-state index contributed by atoms with van der Waals surface area (Å²) >= 11 is 0. The number of carbonyl (C=O) groups excluding carboxylic acids is 1. The van der Waals surface area contributed by atoms with Crippen molar-refractivity contribution in [1.82, 2.24) is 5.32 Å². The molecule has 0 spiro atoms. The summed E-state index contributed by atoms with van der Waals surface area (Å²) in [7, 11) is 0. The highest BCUT2D eigenvalue weighted by Gasteiger charge is 2.39. The van der Waals surface area contributed by atoms with E-state index in [4.69, 9.17) is 4.74 Å². The standard InChI is InChI=1S/C14H16N2O4/c17-13(18)12-7-9-3-1-2-4-11(9)16(12)14(19)15-10-5-6-20-8-10/h1-4,10,12H,5-8H2,(H,15,19)(H,17,18). The number of aliphatic carboxylic acids is 1. The van der Waals surface area contributed by atoms with Crippen LogP contribution in [0.2, 0.25) is 0 Å². The third kappa shape index (κ3) is 2.22. The van der Waals surface area contributed by atoms with Crippen LogP contribution in [0, 0.1) is 0 Å². The molecule has 2 heterocycles. The fourth-order valence-corrected chi connectivity index (χ4v) is 2.73. The first kappa shape index (κ1) is 12.9. The zero-order valence-electron chi connectivity index (χ0n) is 10.9. The number of anilines is 1. The number of hydrogen-bond donors (Lipinski definition) is 2. The molecule has 0 bridgehead atoms. The number of para-hydroxylation sites is 1. The van der Waals surface area contributed by atoms with Crippen LogP contribution in [-0.4, -0.2) is 42.4 Å². The number of ether oxygens (including phenoxy) is 1. The van der Waals surface area contributed by atoms with Crippen molar-refractivity contribution in [2.45, 2.75) is 24.9 Å². The van der Waals surface area contributed by atoms with Crippen LogP contribution in [0.15, 0.2) is 24.3 Å². The molecule has 0 saturated carbocycles. The fourth-order valence-electron chi connectivity index (χ4n) is 2.73. The molecule has 2 aliphatic rings. The van der Waals surface area contributed by atoms with Crippen LogP contribution < -0.4 is 10.2 Å². The van der Waals surface area contributed by atoms with Crippen LogP contribution in [0.4, 0.5) is 10.5 Å². The van der Waals surface area contributed by atoms with Gasteiger partial charge in [0.05, 0.1) is 12.6 Å². The van der Waals surface area contributed by atoms with Crippen molar-refractivity contribution < 1.29 is 19.4 Å². The van der Waals surface area contributed by atoms with Crippen molar-refractivity contribution in [3.63, 3.8) is 0 Å². The number of hydrogen-bond acceptors (Lipinski definition) is 3. The summed E-state index contributed by atoms with van der Waals surface area (Å²) in [5, 5.41) is 12.2. The minimum absolute atomic E-state index is 0.0373. The molecule has 106 valence electrons. The van der Waals surface area contributed by atoms with E-state index < -0.39 is 12.0 Å². The van der Waals surface area contributed by atoms with Crippen molar-refractivity contribution in [2.75, 3.05) is 18.1 Å². The van der Waals surface area contributed by atoms with Crippen molar-refractivity contribution >= 4 is 17.7 Å². The Kier molecular flexibility index (Phi) is 3.31. The maximum Gasteiger partial charge on any atom is 0.327 e. The molecular formula is C14H16N2O4. The molecule has 6 nitrogen and oxygen atoms in total. The third-order valence-corrected chi connectivity index (χ3v) is 3.74. The molecule has 2 amide bonds. The van der Waals surface area contributed by atoms with Crippen molar-refractivity contribution in [3.05, 3.63) is 29.8 Å². The number of fused-ring (bicyclic) bond motifs is 1. The molecule has 2 atom stereocenters. The molecule has 0 aliphatic carbocycles. The van der Waals surface area contributed by atoms with E-state index in [0.717, 1.165) is 12.0 Å². The van der Waals surface area contributed by atoms with E-state index in [9.17, 15) is 14.7 Å². The average molecular weight is 276 g/mol. The van der Waals surface area contributed by atoms with Gasteiger partial charge < -0.3 is 15.2 Å². The molecule has 0 aromatic heterocycles. The monoisotopic (exact) mass is 276 g/mol. The Labute approximate surface area is 116 Å². The first-order valence-electron chi connectivity index (χ1n) is 6.65. The molecule has 20 heavy (non-hydrogen) atoms. The van der Waals surface area contributed by atoms with Gasteiger partial charge in [-0.2, -0.15) is 0 Å². The number of benzene rings is 1. The minimum atomic E-state index is -0.987. The van der Waals surface area contributed by atoms with E-state index in [1.165, 1.54) is 4.90 Å². The van der Waals surface area contributed by atoms with E-state index in [0.29, 0.717) is 25.3 Å². The van der Waals surface area contributed by atoms with E-state index in [1.54, 1.807) is 6.07 Å². The number of carboxylic acids is 1. The number of nitrogens with one attached hydrogen (secondary N) is 1. The van der Waals surface area contributed by atoms with Crippen LogP contribution in [0.3, 0.4) is 0 Å². The average Bonchev–Trinajstić information content (AvgIpc) is 3.04. The lowest BCUT2D eigenvalue weighted by molar-refractivity contribution is -0.138. The van der Waals surface area contributed by atoms with E-state index in [1.807, 2.05) is 18.2 Å². The first-order valence-corrected chi connectivity index (χ1v) is 6.65. The Bertz CT molecular complexity index is 540. The summed E-state index contributed by atoms with van der Waals surface area (Å²) in [6.45, 7) is 1.11. The number of rotatable bonds is 2. The third-order valence-electron chi connectivity index (χ3n) is 3.74. The summed E-state index contributed by atoms with van der Waals surface area (Å²) in [4.78, 5) is 25.1. The first-order chi connectivity index (χ1) is 9.66. The molecule has 2 aliphatic heterocycles. The lowest BCUT2D eigenvalue weighted by Crippen LogP contribution is -2.50. The molecule has 1 saturated heterocycles. The predicted octanol–water partition coefficient (Wildman–Crippen LogP) is 1.00. The van der Waals surface area contributed by atoms with Crippen LogP contribution in [0.1, 0.15) is 12.0 Å². The topological polar surface area (TPSA) is 78.9 Å². The Balaban J connectivity index is 1.84. The Morgan fingerprint density at radius 2 is 2.15 bits per heavy atom. The quantitative estimate of drug-likeness (QED) is 0.844. The highest BCUT2D eigenvalue weighted by Crippen LogP contribution is 2.32. The summed E-state index contributed by atoms with van der Waals surface area (Å²) in [6, 6.07) is 6.06. The molecule has 6 heteroatoms. The summed E-state index contributed by atoms with van der Waals surface area (Å²) in [5.41, 5.74) is 1.56. The molecule has 2 unspecified atom stereocenters. The predicted molar refractivity (Wildman–Crippen MR) is 71.8 cm³/mol. The number of carbonyl (C=O) groups is 2. The van der Waals surface area contributed by atoms with Gasteiger partial charge in [-0.1, -0.05) is 18.2 Å². The summed E-state index contributed by atoms with van der Waals surface area (Å²) in [6.07, 6.45) is 1.11. The van der Waals surface area contributed by atoms with Crippen molar-refractivity contribution in [2.24, 2.45) is 0 Å². The number of amides is 2. The van der Waals surface area contributed by atoms with E-state index in [2.05, 4.69) is 5.32 Å². The maximum absolute atomic E-state index is 12.4. The second kappa shape index (κ2) is 5.13. The number of nitrogens with zero attached hydrogens (tertiary/aromatic N) is 1. The fraction of sp³-hybridized carbons (Fsp3) is 0.429. The second-order valence-corrected chi connectivity index (χ2v) is 5.07. The normalized spacial score (nSPS) is 24.5. The van der Waals surface area contributed by atoms with E-state index in [-0.39, 0.29) is 12.1 Å². The smallest absolute Gasteiger partial charge is 0.327 e. The second-order valence-electron chi connectivity index (χ2n) is 5.07. The van der Waals surface area contributed by atoms with Gasteiger partial charge in [0.25, 0.3) is 0 Å². The van der Waals surface area contributed by atoms with Crippen molar-refractivity contribution in [1.29, 1.82) is 0 Å². The van der Waals surface area contributed by atoms with Crippen LogP contribution in [0.25, 0.3) is 0 Å². The molecule has 1 aromatic carbocycles. The summed E-state index contributed by atoms with van der Waals surface area (Å²) < 4.78 is 5.21. The molecule has 3 rings (SSSR count). The molecular weight excluding hydrogens is 260 g/mol. The minimum Gasteiger partial charge on any atom is -0.480 e. The van der Waals surface area contributed by atoms with Gasteiger partial charge in [-0.15, -0.1) is 0 Å². The zero-order valence-corrected chi connectivity index (χ0v) is 10.9. The highest BCUT2D eigenvalue weighted by atomic mass is 16.5. The van der Waals surface area contributed by atoms with Crippen LogP contribution in [-0.2, 0) is 16.0 Å². The van der Waals surface area contributed by atoms with Crippen molar-refractivity contribution in [3.8, 4) is 0 Å². The highest BCUT2D eigenvalue weighted by molar-refractivity contribution is 6.01. The van der Waals surface area contributed by atoms with Gasteiger partial charge in [-0.3, -0.25) is 4.90 Å². The molecule has 2 N–H and O–H groups in total. The largest absolute Gasteiger partial charge is 0.480 e.